The SMILES string of the molecule is CCCn1nc(C(=O)NC(C)c2cccnc2)c2ccc(NC(=O)c3ccc(C)cc3)nc21. The van der Waals surface area contributed by atoms with E-state index in [-0.39, 0.29) is 17.9 Å². The molecule has 0 aliphatic heterocycles. The molecule has 4 rings (SSSR count). The first-order valence-corrected chi connectivity index (χ1v) is 10.9. The van der Waals surface area contributed by atoms with E-state index < -0.39 is 0 Å². The van der Waals surface area contributed by atoms with Crippen molar-refractivity contribution in [2.24, 2.45) is 0 Å². The number of anilines is 1. The number of fused-ring (bicyclic) bond motifs is 1. The number of rotatable bonds is 7. The molecular weight excluding hydrogens is 416 g/mol. The minimum Gasteiger partial charge on any atom is -0.344 e. The molecule has 2 N–H and O–H groups in total. The Kier molecular flexibility index (Phi) is 6.44. The molecule has 8 nitrogen and oxygen atoms in total. The Morgan fingerprint density at radius 1 is 1.06 bits per heavy atom. The van der Waals surface area contributed by atoms with Crippen LogP contribution in [0, 0.1) is 6.92 Å². The zero-order valence-electron chi connectivity index (χ0n) is 18.9. The third-order valence-electron chi connectivity index (χ3n) is 5.33. The molecule has 4 aromatic rings. The molecule has 1 unspecified atom stereocenters. The van der Waals surface area contributed by atoms with Gasteiger partial charge in [-0.05, 0) is 56.2 Å². The molecule has 168 valence electrons. The molecule has 0 saturated heterocycles. The second kappa shape index (κ2) is 9.60. The van der Waals surface area contributed by atoms with Gasteiger partial charge < -0.3 is 10.6 Å². The Morgan fingerprint density at radius 2 is 1.85 bits per heavy atom. The lowest BCUT2D eigenvalue weighted by Gasteiger charge is -2.12. The molecule has 1 aromatic carbocycles. The molecule has 0 saturated carbocycles. The summed E-state index contributed by atoms with van der Waals surface area (Å²) in [5, 5.41) is 11.0. The van der Waals surface area contributed by atoms with Gasteiger partial charge in [-0.2, -0.15) is 5.10 Å². The van der Waals surface area contributed by atoms with Gasteiger partial charge in [0.05, 0.1) is 11.4 Å². The van der Waals surface area contributed by atoms with Crippen molar-refractivity contribution in [3.05, 3.63) is 83.3 Å². The third kappa shape index (κ3) is 4.90. The monoisotopic (exact) mass is 442 g/mol. The van der Waals surface area contributed by atoms with Crippen molar-refractivity contribution >= 4 is 28.7 Å². The largest absolute Gasteiger partial charge is 0.344 e. The summed E-state index contributed by atoms with van der Waals surface area (Å²) in [4.78, 5) is 34.3. The number of benzene rings is 1. The number of hydrogen-bond acceptors (Lipinski definition) is 5. The second-order valence-electron chi connectivity index (χ2n) is 7.94. The Morgan fingerprint density at radius 3 is 2.55 bits per heavy atom. The van der Waals surface area contributed by atoms with Crippen molar-refractivity contribution in [3.63, 3.8) is 0 Å². The number of amides is 2. The van der Waals surface area contributed by atoms with Gasteiger partial charge in [0.25, 0.3) is 11.8 Å². The first kappa shape index (κ1) is 22.1. The number of nitrogens with zero attached hydrogens (tertiary/aromatic N) is 4. The Balaban J connectivity index is 1.60. The highest BCUT2D eigenvalue weighted by Gasteiger charge is 2.21. The number of nitrogens with one attached hydrogen (secondary N) is 2. The average Bonchev–Trinajstić information content (AvgIpc) is 3.18. The van der Waals surface area contributed by atoms with E-state index in [9.17, 15) is 9.59 Å². The van der Waals surface area contributed by atoms with Crippen molar-refractivity contribution in [2.45, 2.75) is 39.8 Å². The van der Waals surface area contributed by atoms with E-state index in [2.05, 4.69) is 25.7 Å². The number of aromatic nitrogens is 4. The van der Waals surface area contributed by atoms with Gasteiger partial charge in [-0.1, -0.05) is 30.7 Å². The molecule has 0 spiro atoms. The molecular formula is C25H26N6O2. The van der Waals surface area contributed by atoms with Crippen LogP contribution in [0.25, 0.3) is 11.0 Å². The maximum atomic E-state index is 13.0. The maximum Gasteiger partial charge on any atom is 0.272 e. The fraction of sp³-hybridized carbons (Fsp3) is 0.240. The van der Waals surface area contributed by atoms with E-state index in [0.717, 1.165) is 17.5 Å². The third-order valence-corrected chi connectivity index (χ3v) is 5.33. The van der Waals surface area contributed by atoms with Crippen LogP contribution in [-0.4, -0.2) is 31.6 Å². The summed E-state index contributed by atoms with van der Waals surface area (Å²) in [5.74, 6) is -0.128. The van der Waals surface area contributed by atoms with Gasteiger partial charge in [0, 0.05) is 24.5 Å². The standard InChI is InChI=1S/C25H26N6O2/c1-4-14-31-23-20(22(30-31)25(33)27-17(3)19-6-5-13-26-15-19)11-12-21(28-23)29-24(32)18-9-7-16(2)8-10-18/h5-13,15,17H,4,14H2,1-3H3,(H,27,33)(H,28,29,32). The quantitative estimate of drug-likeness (QED) is 0.445. The van der Waals surface area contributed by atoms with Crippen LogP contribution in [0.3, 0.4) is 0 Å². The molecule has 2 amide bonds. The molecule has 0 aliphatic carbocycles. The number of aryl methyl sites for hydroxylation is 2. The number of pyridine rings is 2. The summed E-state index contributed by atoms with van der Waals surface area (Å²) in [6, 6.07) is 14.3. The molecule has 0 radical (unpaired) electrons. The maximum absolute atomic E-state index is 13.0. The van der Waals surface area contributed by atoms with Gasteiger partial charge in [0.15, 0.2) is 11.3 Å². The van der Waals surface area contributed by atoms with E-state index in [4.69, 9.17) is 0 Å². The van der Waals surface area contributed by atoms with Crippen LogP contribution in [0.15, 0.2) is 60.9 Å². The fourth-order valence-electron chi connectivity index (χ4n) is 3.53. The predicted octanol–water partition coefficient (Wildman–Crippen LogP) is 4.29. The van der Waals surface area contributed by atoms with E-state index in [0.29, 0.717) is 34.7 Å². The highest BCUT2D eigenvalue weighted by molar-refractivity contribution is 6.06. The highest BCUT2D eigenvalue weighted by Crippen LogP contribution is 2.21. The average molecular weight is 443 g/mol. The summed E-state index contributed by atoms with van der Waals surface area (Å²) in [7, 11) is 0. The molecule has 8 heteroatoms. The van der Waals surface area contributed by atoms with Gasteiger partial charge in [0.1, 0.15) is 5.82 Å². The first-order chi connectivity index (χ1) is 16.0. The van der Waals surface area contributed by atoms with Crippen LogP contribution in [0.1, 0.15) is 58.3 Å². The molecule has 1 atom stereocenters. The van der Waals surface area contributed by atoms with Crippen molar-refractivity contribution in [1.29, 1.82) is 0 Å². The summed E-state index contributed by atoms with van der Waals surface area (Å²) in [5.41, 5.74) is 3.39. The summed E-state index contributed by atoms with van der Waals surface area (Å²) in [6.07, 6.45) is 4.24. The molecule has 0 bridgehead atoms. The van der Waals surface area contributed by atoms with Gasteiger partial charge in [-0.15, -0.1) is 0 Å². The van der Waals surface area contributed by atoms with Gasteiger partial charge in [0.2, 0.25) is 0 Å². The lowest BCUT2D eigenvalue weighted by molar-refractivity contribution is 0.0934. The van der Waals surface area contributed by atoms with Crippen LogP contribution < -0.4 is 10.6 Å². The topological polar surface area (TPSA) is 102 Å². The van der Waals surface area contributed by atoms with E-state index >= 15 is 0 Å². The lowest BCUT2D eigenvalue weighted by Crippen LogP contribution is -2.27. The molecule has 0 aliphatic rings. The fourth-order valence-corrected chi connectivity index (χ4v) is 3.53. The van der Waals surface area contributed by atoms with Crippen molar-refractivity contribution in [1.82, 2.24) is 25.1 Å². The first-order valence-electron chi connectivity index (χ1n) is 10.9. The summed E-state index contributed by atoms with van der Waals surface area (Å²) >= 11 is 0. The second-order valence-corrected chi connectivity index (χ2v) is 7.94. The van der Waals surface area contributed by atoms with Crippen LogP contribution in [0.5, 0.6) is 0 Å². The Labute approximate surface area is 192 Å². The van der Waals surface area contributed by atoms with Gasteiger partial charge in [-0.25, -0.2) is 9.67 Å². The molecule has 0 fully saturated rings. The molecule has 33 heavy (non-hydrogen) atoms. The van der Waals surface area contributed by atoms with E-state index in [1.807, 2.05) is 45.0 Å². The minimum atomic E-state index is -0.288. The summed E-state index contributed by atoms with van der Waals surface area (Å²) in [6.45, 7) is 6.50. The number of hydrogen-bond donors (Lipinski definition) is 2. The van der Waals surface area contributed by atoms with E-state index in [1.165, 1.54) is 0 Å². The smallest absolute Gasteiger partial charge is 0.272 e. The van der Waals surface area contributed by atoms with Crippen LogP contribution in [0.4, 0.5) is 5.82 Å². The van der Waals surface area contributed by atoms with E-state index in [1.54, 1.807) is 41.3 Å². The van der Waals surface area contributed by atoms with Crippen molar-refractivity contribution in [3.8, 4) is 0 Å². The van der Waals surface area contributed by atoms with Gasteiger partial charge in [-0.3, -0.25) is 14.6 Å². The lowest BCUT2D eigenvalue weighted by atomic mass is 10.1. The van der Waals surface area contributed by atoms with Crippen LogP contribution in [0.2, 0.25) is 0 Å². The Bertz CT molecular complexity index is 1280. The normalized spacial score (nSPS) is 11.8. The van der Waals surface area contributed by atoms with Crippen molar-refractivity contribution in [2.75, 3.05) is 5.32 Å². The molecule has 3 heterocycles. The summed E-state index contributed by atoms with van der Waals surface area (Å²) < 4.78 is 1.71. The van der Waals surface area contributed by atoms with Crippen LogP contribution >= 0.6 is 0 Å². The zero-order chi connectivity index (χ0) is 23.4. The number of carbonyl (C=O) groups is 2. The predicted molar refractivity (Wildman–Crippen MR) is 127 cm³/mol. The Hall–Kier alpha value is -4.07. The molecule has 3 aromatic heterocycles. The highest BCUT2D eigenvalue weighted by atomic mass is 16.2. The number of carbonyl (C=O) groups excluding carboxylic acids is 2. The van der Waals surface area contributed by atoms with Crippen molar-refractivity contribution < 1.29 is 9.59 Å². The van der Waals surface area contributed by atoms with Crippen LogP contribution in [-0.2, 0) is 6.54 Å². The minimum absolute atomic E-state index is 0.224. The van der Waals surface area contributed by atoms with Gasteiger partial charge >= 0.3 is 0 Å². The zero-order valence-corrected chi connectivity index (χ0v) is 18.9.